The van der Waals surface area contributed by atoms with Gasteiger partial charge in [-0.1, -0.05) is 59.9 Å². The first-order valence-corrected chi connectivity index (χ1v) is 9.56. The number of anilines is 1. The van der Waals surface area contributed by atoms with Crippen LogP contribution in [0.15, 0.2) is 53.4 Å². The molecule has 5 nitrogen and oxygen atoms in total. The molecule has 2 amide bonds. The van der Waals surface area contributed by atoms with Gasteiger partial charge in [0, 0.05) is 24.7 Å². The second kappa shape index (κ2) is 8.37. The van der Waals surface area contributed by atoms with Gasteiger partial charge in [0.15, 0.2) is 0 Å². The zero-order valence-corrected chi connectivity index (χ0v) is 16.3. The van der Waals surface area contributed by atoms with E-state index in [-0.39, 0.29) is 30.5 Å². The summed E-state index contributed by atoms with van der Waals surface area (Å²) in [7, 11) is 0. The number of carbonyl (C=O) groups is 2. The van der Waals surface area contributed by atoms with E-state index in [4.69, 9.17) is 12.2 Å². The number of hydrogen-bond acceptors (Lipinski definition) is 5. The standard InChI is InChI=1S/C20H18N2O3S2/c1-13-5-7-14(8-6-13)11-17-19(25)22(20(26)27-17)10-9-18(24)21-15-3-2-4-16(23)12-15/h2-8,11-12,23H,9-10H2,1H3,(H,21,24). The third-order valence-electron chi connectivity index (χ3n) is 3.94. The molecular weight excluding hydrogens is 380 g/mol. The monoisotopic (exact) mass is 398 g/mol. The number of phenolic OH excluding ortho intramolecular Hbond substituents is 1. The van der Waals surface area contributed by atoms with E-state index in [0.717, 1.165) is 11.1 Å². The van der Waals surface area contributed by atoms with E-state index in [2.05, 4.69) is 5.32 Å². The normalized spacial score (nSPS) is 15.4. The van der Waals surface area contributed by atoms with Crippen molar-refractivity contribution in [1.82, 2.24) is 4.90 Å². The fourth-order valence-corrected chi connectivity index (χ4v) is 3.84. The third kappa shape index (κ3) is 4.96. The highest BCUT2D eigenvalue weighted by atomic mass is 32.2. The Morgan fingerprint density at radius 1 is 1.26 bits per heavy atom. The van der Waals surface area contributed by atoms with Crippen molar-refractivity contribution in [3.63, 3.8) is 0 Å². The number of nitrogens with zero attached hydrogens (tertiary/aromatic N) is 1. The van der Waals surface area contributed by atoms with Gasteiger partial charge in [0.1, 0.15) is 10.1 Å². The van der Waals surface area contributed by atoms with Gasteiger partial charge in [0.25, 0.3) is 5.91 Å². The fraction of sp³-hybridized carbons (Fsp3) is 0.150. The molecule has 0 aliphatic carbocycles. The molecule has 0 saturated carbocycles. The first kappa shape index (κ1) is 19.1. The number of rotatable bonds is 5. The summed E-state index contributed by atoms with van der Waals surface area (Å²) in [6.07, 6.45) is 1.92. The number of aryl methyl sites for hydroxylation is 1. The number of nitrogens with one attached hydrogen (secondary N) is 1. The van der Waals surface area contributed by atoms with Crippen molar-refractivity contribution < 1.29 is 14.7 Å². The smallest absolute Gasteiger partial charge is 0.266 e. The zero-order valence-electron chi connectivity index (χ0n) is 14.6. The Labute approximate surface area is 167 Å². The second-order valence-electron chi connectivity index (χ2n) is 6.09. The van der Waals surface area contributed by atoms with Crippen molar-refractivity contribution in [2.45, 2.75) is 13.3 Å². The summed E-state index contributed by atoms with van der Waals surface area (Å²) in [5, 5.41) is 12.1. The number of benzene rings is 2. The van der Waals surface area contributed by atoms with Gasteiger partial charge in [-0.15, -0.1) is 0 Å². The molecule has 1 aliphatic heterocycles. The van der Waals surface area contributed by atoms with E-state index >= 15 is 0 Å². The summed E-state index contributed by atoms with van der Waals surface area (Å²) in [6, 6.07) is 14.2. The molecule has 1 aliphatic rings. The number of thioether (sulfide) groups is 1. The second-order valence-corrected chi connectivity index (χ2v) is 7.77. The lowest BCUT2D eigenvalue weighted by atomic mass is 10.1. The van der Waals surface area contributed by atoms with Gasteiger partial charge in [-0.05, 0) is 30.7 Å². The summed E-state index contributed by atoms with van der Waals surface area (Å²) >= 11 is 6.54. The molecule has 0 spiro atoms. The van der Waals surface area contributed by atoms with Crippen LogP contribution in [0.5, 0.6) is 5.75 Å². The Morgan fingerprint density at radius 3 is 2.70 bits per heavy atom. The Balaban J connectivity index is 1.60. The van der Waals surface area contributed by atoms with Crippen LogP contribution in [0.2, 0.25) is 0 Å². The van der Waals surface area contributed by atoms with Crippen LogP contribution >= 0.6 is 24.0 Å². The maximum atomic E-state index is 12.6. The molecule has 1 fully saturated rings. The van der Waals surface area contributed by atoms with E-state index in [9.17, 15) is 14.7 Å². The van der Waals surface area contributed by atoms with E-state index in [1.54, 1.807) is 12.1 Å². The molecule has 0 aromatic heterocycles. The Morgan fingerprint density at radius 2 is 2.00 bits per heavy atom. The van der Waals surface area contributed by atoms with Gasteiger partial charge in [-0.25, -0.2) is 0 Å². The van der Waals surface area contributed by atoms with Crippen LogP contribution in [-0.2, 0) is 9.59 Å². The first-order chi connectivity index (χ1) is 12.9. The highest BCUT2D eigenvalue weighted by Gasteiger charge is 2.32. The maximum absolute atomic E-state index is 12.6. The summed E-state index contributed by atoms with van der Waals surface area (Å²) in [5.41, 5.74) is 2.59. The van der Waals surface area contributed by atoms with Crippen molar-refractivity contribution >= 4 is 51.9 Å². The van der Waals surface area contributed by atoms with Crippen molar-refractivity contribution in [1.29, 1.82) is 0 Å². The highest BCUT2D eigenvalue weighted by Crippen LogP contribution is 2.32. The summed E-state index contributed by atoms with van der Waals surface area (Å²) in [5.74, 6) is -0.362. The molecule has 0 unspecified atom stereocenters. The average molecular weight is 399 g/mol. The van der Waals surface area contributed by atoms with Crippen molar-refractivity contribution in [3.05, 3.63) is 64.6 Å². The Hall–Kier alpha value is -2.64. The van der Waals surface area contributed by atoms with Crippen LogP contribution in [0.1, 0.15) is 17.5 Å². The van der Waals surface area contributed by atoms with E-state index in [0.29, 0.717) is 14.9 Å². The molecule has 2 aromatic carbocycles. The van der Waals surface area contributed by atoms with Crippen LogP contribution in [-0.4, -0.2) is 32.7 Å². The molecule has 0 bridgehead atoms. The number of phenols is 1. The van der Waals surface area contributed by atoms with Crippen molar-refractivity contribution in [3.8, 4) is 5.75 Å². The minimum atomic E-state index is -0.253. The van der Waals surface area contributed by atoms with Crippen LogP contribution in [0.25, 0.3) is 6.08 Å². The van der Waals surface area contributed by atoms with Gasteiger partial charge >= 0.3 is 0 Å². The van der Waals surface area contributed by atoms with Gasteiger partial charge < -0.3 is 10.4 Å². The SMILES string of the molecule is Cc1ccc(C=C2SC(=S)N(CCC(=O)Nc3cccc(O)c3)C2=O)cc1. The molecule has 2 aromatic rings. The van der Waals surface area contributed by atoms with Crippen molar-refractivity contribution in [2.75, 3.05) is 11.9 Å². The zero-order chi connectivity index (χ0) is 19.4. The average Bonchev–Trinajstić information content (AvgIpc) is 2.88. The molecule has 0 atom stereocenters. The summed E-state index contributed by atoms with van der Waals surface area (Å²) in [6.45, 7) is 2.21. The number of carbonyl (C=O) groups excluding carboxylic acids is 2. The van der Waals surface area contributed by atoms with Crippen LogP contribution in [0.3, 0.4) is 0 Å². The lowest BCUT2D eigenvalue weighted by Gasteiger charge is -2.14. The maximum Gasteiger partial charge on any atom is 0.266 e. The number of aromatic hydroxyl groups is 1. The minimum absolute atomic E-state index is 0.0750. The fourth-order valence-electron chi connectivity index (χ4n) is 2.53. The molecule has 138 valence electrons. The predicted molar refractivity (Wildman–Crippen MR) is 112 cm³/mol. The number of hydrogen-bond donors (Lipinski definition) is 2. The minimum Gasteiger partial charge on any atom is -0.508 e. The molecule has 1 saturated heterocycles. The van der Waals surface area contributed by atoms with Gasteiger partial charge in [-0.2, -0.15) is 0 Å². The Kier molecular flexibility index (Phi) is 5.93. The molecule has 27 heavy (non-hydrogen) atoms. The largest absolute Gasteiger partial charge is 0.508 e. The van der Waals surface area contributed by atoms with Crippen LogP contribution < -0.4 is 5.32 Å². The van der Waals surface area contributed by atoms with Crippen LogP contribution in [0.4, 0.5) is 5.69 Å². The van der Waals surface area contributed by atoms with E-state index < -0.39 is 0 Å². The molecule has 3 rings (SSSR count). The van der Waals surface area contributed by atoms with Gasteiger partial charge in [-0.3, -0.25) is 14.5 Å². The lowest BCUT2D eigenvalue weighted by Crippen LogP contribution is -2.31. The van der Waals surface area contributed by atoms with Gasteiger partial charge in [0.05, 0.1) is 4.91 Å². The first-order valence-electron chi connectivity index (χ1n) is 8.33. The van der Waals surface area contributed by atoms with Gasteiger partial charge in [0.2, 0.25) is 5.91 Å². The quantitative estimate of drug-likeness (QED) is 0.590. The lowest BCUT2D eigenvalue weighted by molar-refractivity contribution is -0.122. The molecule has 2 N–H and O–H groups in total. The molecular formula is C20H18N2O3S2. The predicted octanol–water partition coefficient (Wildman–Crippen LogP) is 3.93. The summed E-state index contributed by atoms with van der Waals surface area (Å²) < 4.78 is 0.448. The van der Waals surface area contributed by atoms with Crippen LogP contribution in [0, 0.1) is 6.92 Å². The van der Waals surface area contributed by atoms with E-state index in [1.807, 2.05) is 37.3 Å². The highest BCUT2D eigenvalue weighted by molar-refractivity contribution is 8.26. The molecule has 1 heterocycles. The Bertz CT molecular complexity index is 923. The summed E-state index contributed by atoms with van der Waals surface area (Å²) in [4.78, 5) is 26.7. The topological polar surface area (TPSA) is 69.6 Å². The molecule has 0 radical (unpaired) electrons. The molecule has 7 heteroatoms. The number of thiocarbonyl (C=S) groups is 1. The number of amides is 2. The van der Waals surface area contributed by atoms with E-state index in [1.165, 1.54) is 28.8 Å². The van der Waals surface area contributed by atoms with Crippen molar-refractivity contribution in [2.24, 2.45) is 0 Å². The third-order valence-corrected chi connectivity index (χ3v) is 5.32.